The summed E-state index contributed by atoms with van der Waals surface area (Å²) in [6.07, 6.45) is 0.534. The van der Waals surface area contributed by atoms with Gasteiger partial charge in [-0.1, -0.05) is 66.4 Å². The molecule has 2 aliphatic rings. The lowest BCUT2D eigenvalue weighted by molar-refractivity contribution is -0.384. The van der Waals surface area contributed by atoms with Crippen LogP contribution in [-0.2, 0) is 24.9 Å². The fourth-order valence-corrected chi connectivity index (χ4v) is 13.8. The Morgan fingerprint density at radius 3 is 2.15 bits per heavy atom. The first-order valence-electron chi connectivity index (χ1n) is 18.6. The fraction of sp³-hybridized carbons (Fsp3) is 0.538. The van der Waals surface area contributed by atoms with Crippen LogP contribution in [0.2, 0.25) is 36.3 Å². The number of non-ortho nitro benzene ring substituents is 1. The zero-order chi connectivity index (χ0) is 38.2. The lowest BCUT2D eigenvalue weighted by Crippen LogP contribution is -2.65. The van der Waals surface area contributed by atoms with Gasteiger partial charge in [0.05, 0.1) is 26.6 Å². The molecule has 0 radical (unpaired) electrons. The van der Waals surface area contributed by atoms with Crippen molar-refractivity contribution in [2.24, 2.45) is 11.8 Å². The molecule has 0 unspecified atom stereocenters. The van der Waals surface area contributed by atoms with Crippen LogP contribution in [0.15, 0.2) is 53.7 Å². The molecule has 1 saturated heterocycles. The van der Waals surface area contributed by atoms with Gasteiger partial charge >= 0.3 is 5.97 Å². The van der Waals surface area contributed by atoms with Gasteiger partial charge in [-0.05, 0) is 102 Å². The van der Waals surface area contributed by atoms with E-state index in [1.54, 1.807) is 0 Å². The molecule has 0 aromatic heterocycles. The molecule has 4 atom stereocenters. The molecule has 0 N–H and O–H groups in total. The van der Waals surface area contributed by atoms with Crippen molar-refractivity contribution in [1.29, 1.82) is 0 Å². The molecule has 1 fully saturated rings. The number of nitro groups is 1. The number of carbonyl (C=O) groups excluding carboxylic acids is 2. The summed E-state index contributed by atoms with van der Waals surface area (Å²) in [6, 6.07) is 17.4. The van der Waals surface area contributed by atoms with Crippen molar-refractivity contribution in [2.45, 2.75) is 110 Å². The van der Waals surface area contributed by atoms with Crippen LogP contribution >= 0.6 is 22.6 Å². The molecule has 2 aliphatic heterocycles. The van der Waals surface area contributed by atoms with Gasteiger partial charge in [-0.15, -0.1) is 0 Å². The molecular weight excluding hydrogens is 808 g/mol. The first-order chi connectivity index (χ1) is 24.8. The van der Waals surface area contributed by atoms with E-state index in [4.69, 9.17) is 18.3 Å². The van der Waals surface area contributed by atoms with Crippen LogP contribution in [0.4, 0.5) is 5.69 Å². The molecule has 282 valence electrons. The van der Waals surface area contributed by atoms with E-state index >= 15 is 0 Å². The predicted molar refractivity (Wildman–Crippen MR) is 216 cm³/mol. The van der Waals surface area contributed by atoms with Crippen LogP contribution in [0.3, 0.4) is 0 Å². The van der Waals surface area contributed by atoms with Crippen molar-refractivity contribution < 1.29 is 32.8 Å². The number of hydrogen-bond donors (Lipinski definition) is 0. The van der Waals surface area contributed by atoms with Gasteiger partial charge in [-0.3, -0.25) is 14.9 Å². The Labute approximate surface area is 324 Å². The number of halogens is 1. The lowest BCUT2D eigenvalue weighted by Gasteiger charge is -2.49. The maximum absolute atomic E-state index is 13.8. The monoisotopic (exact) mass is 860 g/mol. The quantitative estimate of drug-likeness (QED) is 0.0213. The second kappa shape index (κ2) is 18.3. The second-order valence-electron chi connectivity index (χ2n) is 13.7. The van der Waals surface area contributed by atoms with Crippen LogP contribution in [0.5, 0.6) is 11.5 Å². The largest absolute Gasteiger partial charge is 0.480 e. The third-order valence-corrected chi connectivity index (χ3v) is 21.5. The second-order valence-corrected chi connectivity index (χ2v) is 24.3. The summed E-state index contributed by atoms with van der Waals surface area (Å²) < 4.78 is 25.9. The molecule has 4 rings (SSSR count). The summed E-state index contributed by atoms with van der Waals surface area (Å²) in [6.45, 7) is 17.9. The van der Waals surface area contributed by atoms with Crippen LogP contribution < -0.4 is 9.47 Å². The number of hydrogen-bond acceptors (Lipinski definition) is 8. The maximum Gasteiger partial charge on any atom is 0.361 e. The summed E-state index contributed by atoms with van der Waals surface area (Å²) in [5.74, 6) is 5.51. The van der Waals surface area contributed by atoms with Gasteiger partial charge < -0.3 is 23.2 Å². The number of β-lactam (4-membered cyclic amide) rings is 1. The minimum atomic E-state index is -2.00. The molecule has 13 heteroatoms. The zero-order valence-corrected chi connectivity index (χ0v) is 35.9. The summed E-state index contributed by atoms with van der Waals surface area (Å²) in [5.41, 5.74) is 1.67. The van der Waals surface area contributed by atoms with Crippen molar-refractivity contribution in [3.63, 3.8) is 0 Å². The van der Waals surface area contributed by atoms with Gasteiger partial charge in [0.15, 0.2) is 16.6 Å². The first-order valence-corrected chi connectivity index (χ1v) is 24.7. The van der Waals surface area contributed by atoms with Gasteiger partial charge in [-0.2, -0.15) is 0 Å². The number of rotatable bonds is 18. The van der Waals surface area contributed by atoms with E-state index in [9.17, 15) is 19.7 Å². The van der Waals surface area contributed by atoms with Crippen LogP contribution in [0, 0.1) is 37.4 Å². The highest BCUT2D eigenvalue weighted by Crippen LogP contribution is 2.48. The highest BCUT2D eigenvalue weighted by molar-refractivity contribution is 14.1. The van der Waals surface area contributed by atoms with Crippen LogP contribution in [-0.4, -0.2) is 63.7 Å². The Balaban J connectivity index is 1.53. The molecule has 1 amide bonds. The topological polar surface area (TPSA) is 117 Å². The zero-order valence-electron chi connectivity index (χ0n) is 31.8. The highest BCUT2D eigenvalue weighted by Gasteiger charge is 2.61. The number of carbonyl (C=O) groups is 2. The highest BCUT2D eigenvalue weighted by atomic mass is 127. The van der Waals surface area contributed by atoms with E-state index in [0.29, 0.717) is 11.3 Å². The molecule has 52 heavy (non-hydrogen) atoms. The summed E-state index contributed by atoms with van der Waals surface area (Å²) in [7, 11) is -3.63. The van der Waals surface area contributed by atoms with E-state index in [2.05, 4.69) is 88.1 Å². The molecular formula is C39H53IN2O8Si2. The Bertz CT molecular complexity index is 1680. The van der Waals surface area contributed by atoms with Gasteiger partial charge in [0.1, 0.15) is 23.8 Å². The predicted octanol–water partition coefficient (Wildman–Crippen LogP) is 8.89. The van der Waals surface area contributed by atoms with Gasteiger partial charge in [0, 0.05) is 30.2 Å². The number of ether oxygens (including phenoxy) is 2. The number of nitrogens with zero attached hydrogens (tertiary/aromatic N) is 2. The van der Waals surface area contributed by atoms with Gasteiger partial charge in [0.25, 0.3) is 5.69 Å². The molecule has 10 nitrogen and oxygen atoms in total. The number of nitro benzene ring substituents is 1. The lowest BCUT2D eigenvalue weighted by atomic mass is 9.78. The standard InChI is InChI=1S/C39H53IN2O8Si2/c1-9-51(10-2,11-3)48-25-23-29-17-22-34(33(40)26-29)47-24-15-16-32-27(7)36-35(28(8)50-52(12-4,13-5)14-6)38(43)41(36)37(32)39(44)49-31-20-18-30(19-21-31)42(45)46/h17-22,26-28,35-36H,9-14,23-25H2,1-8H3/t27-,28+,35+,36+/m0/s1. The Kier molecular flexibility index (Phi) is 14.7. The van der Waals surface area contributed by atoms with Crippen LogP contribution in [0.1, 0.15) is 61.0 Å². The van der Waals surface area contributed by atoms with E-state index in [1.165, 1.54) is 34.7 Å². The van der Waals surface area contributed by atoms with Crippen LogP contribution in [0.25, 0.3) is 0 Å². The summed E-state index contributed by atoms with van der Waals surface area (Å²) in [4.78, 5) is 39.7. The van der Waals surface area contributed by atoms with Crippen molar-refractivity contribution in [2.75, 3.05) is 13.2 Å². The van der Waals surface area contributed by atoms with E-state index in [0.717, 1.165) is 52.9 Å². The molecule has 0 saturated carbocycles. The molecule has 2 aromatic carbocycles. The number of benzene rings is 2. The average molecular weight is 861 g/mol. The van der Waals surface area contributed by atoms with Crippen molar-refractivity contribution >= 4 is 56.8 Å². The molecule has 0 spiro atoms. The number of esters is 1. The average Bonchev–Trinajstić information content (AvgIpc) is 3.39. The molecule has 2 heterocycles. The third-order valence-electron chi connectivity index (χ3n) is 11.2. The Morgan fingerprint density at radius 1 is 0.981 bits per heavy atom. The Hall–Kier alpha value is -3.04. The van der Waals surface area contributed by atoms with Gasteiger partial charge in [-0.25, -0.2) is 4.79 Å². The molecule has 2 aromatic rings. The SMILES string of the molecule is CC[Si](CC)(CC)OCCc1ccc(OCC#CC2=C(C(=O)Oc3ccc([N+](=O)[O-])cc3)N3C(=O)[C@H]([C@@H](C)O[Si](CC)(CC)CC)[C@H]3[C@H]2C)c(I)c1. The number of amides is 1. The first kappa shape index (κ1) is 41.7. The van der Waals surface area contributed by atoms with Gasteiger partial charge in [0.2, 0.25) is 5.91 Å². The third kappa shape index (κ3) is 9.01. The smallest absolute Gasteiger partial charge is 0.361 e. The fourth-order valence-electron chi connectivity index (χ4n) is 7.46. The summed E-state index contributed by atoms with van der Waals surface area (Å²) in [5, 5.41) is 11.1. The van der Waals surface area contributed by atoms with E-state index in [1.807, 2.05) is 19.9 Å². The maximum atomic E-state index is 13.8. The minimum Gasteiger partial charge on any atom is -0.480 e. The van der Waals surface area contributed by atoms with E-state index in [-0.39, 0.29) is 47.7 Å². The number of fused-ring (bicyclic) bond motifs is 1. The Morgan fingerprint density at radius 2 is 1.60 bits per heavy atom. The molecule has 0 aliphatic carbocycles. The van der Waals surface area contributed by atoms with Crippen molar-refractivity contribution in [1.82, 2.24) is 4.90 Å². The van der Waals surface area contributed by atoms with Crippen molar-refractivity contribution in [3.05, 3.63) is 73.0 Å². The normalized spacial score (nSPS) is 19.1. The summed E-state index contributed by atoms with van der Waals surface area (Å²) >= 11 is 2.27. The van der Waals surface area contributed by atoms with E-state index < -0.39 is 33.4 Å². The molecule has 0 bridgehead atoms. The minimum absolute atomic E-state index is 0.0795. The van der Waals surface area contributed by atoms with Crippen molar-refractivity contribution in [3.8, 4) is 23.3 Å².